The summed E-state index contributed by atoms with van der Waals surface area (Å²) in [5.74, 6) is 1.58. The highest BCUT2D eigenvalue weighted by Gasteiger charge is 2.16. The van der Waals surface area contributed by atoms with Crippen molar-refractivity contribution in [3.05, 3.63) is 0 Å². The van der Waals surface area contributed by atoms with Crippen molar-refractivity contribution >= 4 is 0 Å². The van der Waals surface area contributed by atoms with Gasteiger partial charge in [0.05, 0.1) is 0 Å². The molecule has 0 amide bonds. The largest absolute Gasteiger partial charge is 0.306 e. The standard InChI is InChI=1S/C10H23N/c1-8(2)7-10(9(3)4)11(5)6/h8-10H,7H2,1-6H3. The van der Waals surface area contributed by atoms with E-state index < -0.39 is 0 Å². The van der Waals surface area contributed by atoms with Crippen molar-refractivity contribution in [2.24, 2.45) is 11.8 Å². The molecule has 11 heavy (non-hydrogen) atoms. The van der Waals surface area contributed by atoms with Crippen molar-refractivity contribution < 1.29 is 0 Å². The van der Waals surface area contributed by atoms with Crippen LogP contribution in [-0.4, -0.2) is 25.0 Å². The molecule has 0 aliphatic heterocycles. The van der Waals surface area contributed by atoms with E-state index in [2.05, 4.69) is 46.7 Å². The first-order chi connectivity index (χ1) is 4.95. The zero-order chi connectivity index (χ0) is 9.02. The number of hydrogen-bond donors (Lipinski definition) is 0. The average molecular weight is 157 g/mol. The Kier molecular flexibility index (Phi) is 4.74. The smallest absolute Gasteiger partial charge is 0.0115 e. The van der Waals surface area contributed by atoms with Gasteiger partial charge in [-0.25, -0.2) is 0 Å². The second kappa shape index (κ2) is 4.76. The highest BCUT2D eigenvalue weighted by Crippen LogP contribution is 2.16. The van der Waals surface area contributed by atoms with Crippen LogP contribution in [0.15, 0.2) is 0 Å². The molecule has 0 N–H and O–H groups in total. The molecule has 0 aliphatic rings. The van der Waals surface area contributed by atoms with E-state index in [4.69, 9.17) is 0 Å². The first-order valence-electron chi connectivity index (χ1n) is 4.61. The SMILES string of the molecule is CC(C)CC(C(C)C)N(C)C. The number of hydrogen-bond acceptors (Lipinski definition) is 1. The van der Waals surface area contributed by atoms with Crippen LogP contribution in [0.25, 0.3) is 0 Å². The summed E-state index contributed by atoms with van der Waals surface area (Å²) in [5.41, 5.74) is 0. The van der Waals surface area contributed by atoms with Gasteiger partial charge in [0.2, 0.25) is 0 Å². The molecule has 1 nitrogen and oxygen atoms in total. The van der Waals surface area contributed by atoms with Crippen molar-refractivity contribution in [1.82, 2.24) is 4.90 Å². The van der Waals surface area contributed by atoms with E-state index in [-0.39, 0.29) is 0 Å². The monoisotopic (exact) mass is 157 g/mol. The van der Waals surface area contributed by atoms with Gasteiger partial charge in [0.15, 0.2) is 0 Å². The van der Waals surface area contributed by atoms with Crippen LogP contribution in [0.4, 0.5) is 0 Å². The molecule has 0 rings (SSSR count). The fourth-order valence-electron chi connectivity index (χ4n) is 1.56. The van der Waals surface area contributed by atoms with Crippen LogP contribution >= 0.6 is 0 Å². The Balaban J connectivity index is 3.90. The third-order valence-electron chi connectivity index (χ3n) is 2.15. The lowest BCUT2D eigenvalue weighted by Crippen LogP contribution is -2.33. The van der Waals surface area contributed by atoms with E-state index in [1.807, 2.05) is 0 Å². The summed E-state index contributed by atoms with van der Waals surface area (Å²) in [4.78, 5) is 2.34. The van der Waals surface area contributed by atoms with Crippen molar-refractivity contribution in [3.8, 4) is 0 Å². The molecule has 0 spiro atoms. The molecule has 1 unspecified atom stereocenters. The van der Waals surface area contributed by atoms with Crippen LogP contribution in [0.5, 0.6) is 0 Å². The third-order valence-corrected chi connectivity index (χ3v) is 2.15. The van der Waals surface area contributed by atoms with Crippen LogP contribution in [0.2, 0.25) is 0 Å². The van der Waals surface area contributed by atoms with Gasteiger partial charge in [0.1, 0.15) is 0 Å². The van der Waals surface area contributed by atoms with Crippen molar-refractivity contribution in [3.63, 3.8) is 0 Å². The molecule has 0 aliphatic carbocycles. The molecule has 0 aromatic carbocycles. The highest BCUT2D eigenvalue weighted by atomic mass is 15.1. The van der Waals surface area contributed by atoms with Crippen LogP contribution in [0.3, 0.4) is 0 Å². The van der Waals surface area contributed by atoms with Crippen LogP contribution in [0.1, 0.15) is 34.1 Å². The molecule has 0 heterocycles. The van der Waals surface area contributed by atoms with Crippen LogP contribution in [-0.2, 0) is 0 Å². The van der Waals surface area contributed by atoms with Gasteiger partial charge >= 0.3 is 0 Å². The lowest BCUT2D eigenvalue weighted by molar-refractivity contribution is 0.199. The van der Waals surface area contributed by atoms with E-state index in [0.29, 0.717) is 0 Å². The summed E-state index contributed by atoms with van der Waals surface area (Å²) < 4.78 is 0. The Morgan fingerprint density at radius 1 is 1.00 bits per heavy atom. The maximum Gasteiger partial charge on any atom is 0.0115 e. The van der Waals surface area contributed by atoms with E-state index in [9.17, 15) is 0 Å². The fourth-order valence-corrected chi connectivity index (χ4v) is 1.56. The summed E-state index contributed by atoms with van der Waals surface area (Å²) in [7, 11) is 4.35. The van der Waals surface area contributed by atoms with Gasteiger partial charge in [0, 0.05) is 6.04 Å². The maximum atomic E-state index is 2.34. The van der Waals surface area contributed by atoms with Crippen molar-refractivity contribution in [2.75, 3.05) is 14.1 Å². The van der Waals surface area contributed by atoms with Crippen molar-refractivity contribution in [2.45, 2.75) is 40.2 Å². The van der Waals surface area contributed by atoms with Gasteiger partial charge in [0.25, 0.3) is 0 Å². The quantitative estimate of drug-likeness (QED) is 0.606. The second-order valence-corrected chi connectivity index (χ2v) is 4.40. The van der Waals surface area contributed by atoms with Gasteiger partial charge in [-0.05, 0) is 32.4 Å². The topological polar surface area (TPSA) is 3.24 Å². The van der Waals surface area contributed by atoms with Crippen LogP contribution < -0.4 is 0 Å². The predicted octanol–water partition coefficient (Wildman–Crippen LogP) is 2.62. The molecule has 0 fully saturated rings. The van der Waals surface area contributed by atoms with Gasteiger partial charge < -0.3 is 4.90 Å². The van der Waals surface area contributed by atoms with Gasteiger partial charge in [-0.2, -0.15) is 0 Å². The predicted molar refractivity (Wildman–Crippen MR) is 51.8 cm³/mol. The molecular formula is C10H23N. The Bertz CT molecular complexity index is 87.0. The summed E-state index contributed by atoms with van der Waals surface area (Å²) in [6, 6.07) is 0.745. The molecule has 1 atom stereocenters. The average Bonchev–Trinajstić information content (AvgIpc) is 1.81. The first-order valence-corrected chi connectivity index (χ1v) is 4.61. The third kappa shape index (κ3) is 4.41. The lowest BCUT2D eigenvalue weighted by Gasteiger charge is -2.29. The van der Waals surface area contributed by atoms with E-state index in [1.54, 1.807) is 0 Å². The lowest BCUT2D eigenvalue weighted by atomic mass is 9.94. The van der Waals surface area contributed by atoms with E-state index >= 15 is 0 Å². The summed E-state index contributed by atoms with van der Waals surface area (Å²) >= 11 is 0. The zero-order valence-corrected chi connectivity index (χ0v) is 8.89. The van der Waals surface area contributed by atoms with Crippen LogP contribution in [0, 0.1) is 11.8 Å². The van der Waals surface area contributed by atoms with E-state index in [1.165, 1.54) is 6.42 Å². The Labute approximate surface area is 71.8 Å². The Morgan fingerprint density at radius 2 is 1.45 bits per heavy atom. The maximum absolute atomic E-state index is 2.34. The van der Waals surface area contributed by atoms with E-state index in [0.717, 1.165) is 17.9 Å². The zero-order valence-electron chi connectivity index (χ0n) is 8.89. The molecule has 0 aromatic rings. The summed E-state index contributed by atoms with van der Waals surface area (Å²) in [5, 5.41) is 0. The number of rotatable bonds is 4. The Hall–Kier alpha value is -0.0400. The van der Waals surface area contributed by atoms with Gasteiger partial charge in [-0.3, -0.25) is 0 Å². The highest BCUT2D eigenvalue weighted by molar-refractivity contribution is 4.71. The molecule has 0 bridgehead atoms. The minimum atomic E-state index is 0.745. The minimum Gasteiger partial charge on any atom is -0.306 e. The summed E-state index contributed by atoms with van der Waals surface area (Å²) in [6.45, 7) is 9.18. The number of nitrogens with zero attached hydrogens (tertiary/aromatic N) is 1. The molecule has 0 saturated heterocycles. The van der Waals surface area contributed by atoms with Crippen molar-refractivity contribution in [1.29, 1.82) is 0 Å². The normalized spacial score (nSPS) is 15.0. The fraction of sp³-hybridized carbons (Fsp3) is 1.00. The first kappa shape index (κ1) is 11.0. The molecule has 1 heteroatoms. The Morgan fingerprint density at radius 3 is 1.55 bits per heavy atom. The minimum absolute atomic E-state index is 0.745. The van der Waals surface area contributed by atoms with Gasteiger partial charge in [-0.15, -0.1) is 0 Å². The molecular weight excluding hydrogens is 134 g/mol. The summed E-state index contributed by atoms with van der Waals surface area (Å²) in [6.07, 6.45) is 1.31. The molecule has 0 radical (unpaired) electrons. The van der Waals surface area contributed by atoms with Gasteiger partial charge in [-0.1, -0.05) is 27.7 Å². The molecule has 0 aromatic heterocycles. The molecule has 0 saturated carbocycles. The second-order valence-electron chi connectivity index (χ2n) is 4.40. The molecule has 68 valence electrons.